The summed E-state index contributed by atoms with van der Waals surface area (Å²) in [5.74, 6) is 1.09. The molecule has 5 nitrogen and oxygen atoms in total. The molecule has 0 aliphatic heterocycles. The topological polar surface area (TPSA) is 64.6 Å². The standard InChI is InChI=1S/C18H19NO4/c1-14-2-6-16(7-3-14)22-11-10-19-18(21)13-23-17-8-4-15(12-20)5-9-17/h2-9,12H,10-11,13H2,1H3,(H,19,21). The first-order chi connectivity index (χ1) is 11.2. The minimum absolute atomic E-state index is 0.0784. The van der Waals surface area contributed by atoms with Crippen LogP contribution in [-0.4, -0.2) is 32.0 Å². The number of nitrogens with one attached hydrogen (secondary N) is 1. The Bertz CT molecular complexity index is 635. The van der Waals surface area contributed by atoms with E-state index < -0.39 is 0 Å². The van der Waals surface area contributed by atoms with Crippen LogP contribution in [0.4, 0.5) is 0 Å². The Hall–Kier alpha value is -2.82. The number of benzene rings is 2. The molecule has 0 heterocycles. The van der Waals surface area contributed by atoms with Crippen molar-refractivity contribution in [1.82, 2.24) is 5.32 Å². The van der Waals surface area contributed by atoms with Crippen LogP contribution in [0.25, 0.3) is 0 Å². The quantitative estimate of drug-likeness (QED) is 0.600. The minimum Gasteiger partial charge on any atom is -0.492 e. The highest BCUT2D eigenvalue weighted by molar-refractivity contribution is 5.77. The maximum absolute atomic E-state index is 11.6. The number of hydrogen-bond donors (Lipinski definition) is 1. The SMILES string of the molecule is Cc1ccc(OCCNC(=O)COc2ccc(C=O)cc2)cc1. The average Bonchev–Trinajstić information content (AvgIpc) is 2.59. The molecule has 0 unspecified atom stereocenters. The maximum Gasteiger partial charge on any atom is 0.258 e. The van der Waals surface area contributed by atoms with E-state index in [9.17, 15) is 9.59 Å². The van der Waals surface area contributed by atoms with Crippen molar-refractivity contribution in [2.45, 2.75) is 6.92 Å². The molecular formula is C18H19NO4. The van der Waals surface area contributed by atoms with Crippen LogP contribution in [0.2, 0.25) is 0 Å². The molecule has 2 rings (SSSR count). The van der Waals surface area contributed by atoms with Gasteiger partial charge in [0.15, 0.2) is 6.61 Å². The molecule has 5 heteroatoms. The molecule has 1 N–H and O–H groups in total. The van der Waals surface area contributed by atoms with E-state index in [-0.39, 0.29) is 12.5 Å². The summed E-state index contributed by atoms with van der Waals surface area (Å²) >= 11 is 0. The van der Waals surface area contributed by atoms with Gasteiger partial charge >= 0.3 is 0 Å². The van der Waals surface area contributed by atoms with Gasteiger partial charge in [0.25, 0.3) is 5.91 Å². The lowest BCUT2D eigenvalue weighted by Crippen LogP contribution is -2.32. The van der Waals surface area contributed by atoms with Crippen LogP contribution >= 0.6 is 0 Å². The molecule has 120 valence electrons. The molecule has 0 saturated heterocycles. The Morgan fingerprint density at radius 3 is 2.26 bits per heavy atom. The number of hydrogen-bond acceptors (Lipinski definition) is 4. The van der Waals surface area contributed by atoms with Crippen LogP contribution in [0, 0.1) is 6.92 Å². The van der Waals surface area contributed by atoms with Crippen LogP contribution in [0.3, 0.4) is 0 Å². The zero-order valence-corrected chi connectivity index (χ0v) is 13.0. The van der Waals surface area contributed by atoms with Crippen LogP contribution in [0.5, 0.6) is 11.5 Å². The largest absolute Gasteiger partial charge is 0.492 e. The van der Waals surface area contributed by atoms with E-state index in [1.54, 1.807) is 24.3 Å². The predicted octanol–water partition coefficient (Wildman–Crippen LogP) is 2.38. The fourth-order valence-corrected chi connectivity index (χ4v) is 1.84. The highest BCUT2D eigenvalue weighted by Crippen LogP contribution is 2.11. The monoisotopic (exact) mass is 313 g/mol. The number of aldehydes is 1. The van der Waals surface area contributed by atoms with Crippen LogP contribution in [0.15, 0.2) is 48.5 Å². The van der Waals surface area contributed by atoms with Gasteiger partial charge in [-0.15, -0.1) is 0 Å². The van der Waals surface area contributed by atoms with Gasteiger partial charge in [0.2, 0.25) is 0 Å². The van der Waals surface area contributed by atoms with Gasteiger partial charge in [0, 0.05) is 5.56 Å². The molecule has 2 aromatic rings. The zero-order chi connectivity index (χ0) is 16.5. The maximum atomic E-state index is 11.6. The molecule has 23 heavy (non-hydrogen) atoms. The van der Waals surface area contributed by atoms with Gasteiger partial charge in [-0.1, -0.05) is 17.7 Å². The molecule has 0 spiro atoms. The number of carbonyl (C=O) groups excluding carboxylic acids is 2. The summed E-state index contributed by atoms with van der Waals surface area (Å²) in [7, 11) is 0. The minimum atomic E-state index is -0.225. The summed E-state index contributed by atoms with van der Waals surface area (Å²) in [6.07, 6.45) is 0.755. The first-order valence-corrected chi connectivity index (χ1v) is 7.31. The zero-order valence-electron chi connectivity index (χ0n) is 13.0. The van der Waals surface area contributed by atoms with Crippen molar-refractivity contribution in [3.8, 4) is 11.5 Å². The van der Waals surface area contributed by atoms with Gasteiger partial charge in [-0.2, -0.15) is 0 Å². The second-order valence-electron chi connectivity index (χ2n) is 4.99. The Labute approximate surface area is 135 Å². The highest BCUT2D eigenvalue weighted by atomic mass is 16.5. The molecule has 0 bridgehead atoms. The molecule has 0 aliphatic carbocycles. The lowest BCUT2D eigenvalue weighted by molar-refractivity contribution is -0.123. The van der Waals surface area contributed by atoms with E-state index >= 15 is 0 Å². The Kier molecular flexibility index (Phi) is 6.17. The predicted molar refractivity (Wildman–Crippen MR) is 87.0 cm³/mol. The first kappa shape index (κ1) is 16.5. The molecule has 0 radical (unpaired) electrons. The van der Waals surface area contributed by atoms with Gasteiger partial charge in [0.1, 0.15) is 24.4 Å². The van der Waals surface area contributed by atoms with Gasteiger partial charge in [-0.25, -0.2) is 0 Å². The van der Waals surface area contributed by atoms with Gasteiger partial charge in [-0.3, -0.25) is 9.59 Å². The van der Waals surface area contributed by atoms with Crippen molar-refractivity contribution in [3.05, 3.63) is 59.7 Å². The van der Waals surface area contributed by atoms with Crippen LogP contribution < -0.4 is 14.8 Å². The third-order valence-electron chi connectivity index (χ3n) is 3.10. The lowest BCUT2D eigenvalue weighted by atomic mass is 10.2. The summed E-state index contributed by atoms with van der Waals surface area (Å²) in [6, 6.07) is 14.3. The first-order valence-electron chi connectivity index (χ1n) is 7.31. The van der Waals surface area contributed by atoms with E-state index in [2.05, 4.69) is 5.32 Å². The molecule has 0 fully saturated rings. The van der Waals surface area contributed by atoms with E-state index in [0.717, 1.165) is 12.0 Å². The summed E-state index contributed by atoms with van der Waals surface area (Å²) in [6.45, 7) is 2.73. The lowest BCUT2D eigenvalue weighted by Gasteiger charge is -2.09. The van der Waals surface area contributed by atoms with Crippen molar-refractivity contribution < 1.29 is 19.1 Å². The molecule has 0 saturated carbocycles. The molecule has 0 atom stereocenters. The third kappa shape index (κ3) is 5.82. The molecule has 0 aromatic heterocycles. The Morgan fingerprint density at radius 2 is 1.61 bits per heavy atom. The third-order valence-corrected chi connectivity index (χ3v) is 3.10. The van der Waals surface area contributed by atoms with Gasteiger partial charge in [0.05, 0.1) is 6.54 Å². The van der Waals surface area contributed by atoms with Crippen molar-refractivity contribution in [1.29, 1.82) is 0 Å². The van der Waals surface area contributed by atoms with E-state index in [0.29, 0.717) is 24.5 Å². The fraction of sp³-hybridized carbons (Fsp3) is 0.222. The van der Waals surface area contributed by atoms with E-state index in [4.69, 9.17) is 9.47 Å². The summed E-state index contributed by atoms with van der Waals surface area (Å²) in [5.41, 5.74) is 1.74. The molecule has 1 amide bonds. The summed E-state index contributed by atoms with van der Waals surface area (Å²) in [5, 5.41) is 2.71. The second-order valence-corrected chi connectivity index (χ2v) is 4.99. The molecular weight excluding hydrogens is 294 g/mol. The van der Waals surface area contributed by atoms with Crippen molar-refractivity contribution in [3.63, 3.8) is 0 Å². The van der Waals surface area contributed by atoms with E-state index in [1.807, 2.05) is 31.2 Å². The van der Waals surface area contributed by atoms with Crippen molar-refractivity contribution >= 4 is 12.2 Å². The molecule has 0 aliphatic rings. The fourth-order valence-electron chi connectivity index (χ4n) is 1.84. The summed E-state index contributed by atoms with van der Waals surface area (Å²) in [4.78, 5) is 22.2. The highest BCUT2D eigenvalue weighted by Gasteiger charge is 2.02. The van der Waals surface area contributed by atoms with Crippen LogP contribution in [0.1, 0.15) is 15.9 Å². The smallest absolute Gasteiger partial charge is 0.258 e. The van der Waals surface area contributed by atoms with Gasteiger partial charge in [-0.05, 0) is 43.3 Å². The van der Waals surface area contributed by atoms with E-state index in [1.165, 1.54) is 5.56 Å². The molecule has 2 aromatic carbocycles. The van der Waals surface area contributed by atoms with Crippen molar-refractivity contribution in [2.24, 2.45) is 0 Å². The Morgan fingerprint density at radius 1 is 1.00 bits per heavy atom. The van der Waals surface area contributed by atoms with Crippen LogP contribution in [-0.2, 0) is 4.79 Å². The normalized spacial score (nSPS) is 9.96. The van der Waals surface area contributed by atoms with Gasteiger partial charge < -0.3 is 14.8 Å². The number of amides is 1. The Balaban J connectivity index is 1.62. The van der Waals surface area contributed by atoms with Crippen molar-refractivity contribution in [2.75, 3.05) is 19.8 Å². The number of aryl methyl sites for hydroxylation is 1. The number of carbonyl (C=O) groups is 2. The summed E-state index contributed by atoms with van der Waals surface area (Å²) < 4.78 is 10.8. The number of rotatable bonds is 8. The average molecular weight is 313 g/mol. The second kappa shape index (κ2) is 8.58. The number of ether oxygens (including phenoxy) is 2.